The van der Waals surface area contributed by atoms with Crippen LogP contribution in [0.5, 0.6) is 11.5 Å². The second-order valence-electron chi connectivity index (χ2n) is 11.4. The molecule has 0 saturated carbocycles. The highest BCUT2D eigenvalue weighted by Crippen LogP contribution is 2.36. The van der Waals surface area contributed by atoms with Crippen LogP contribution in [0, 0.1) is 0 Å². The molecule has 43 heavy (non-hydrogen) atoms. The zero-order chi connectivity index (χ0) is 31.1. The molecule has 10 nitrogen and oxygen atoms in total. The zero-order valence-corrected chi connectivity index (χ0v) is 26.3. The van der Waals surface area contributed by atoms with Crippen molar-refractivity contribution in [2.75, 3.05) is 25.2 Å². The Bertz CT molecular complexity index is 1770. The van der Waals surface area contributed by atoms with Gasteiger partial charge in [-0.25, -0.2) is 0 Å². The molecule has 0 bridgehead atoms. The number of methoxy groups -OCH3 is 1. The monoisotopic (exact) mass is 648 g/mol. The lowest BCUT2D eigenvalue weighted by molar-refractivity contribution is 0.00578. The average molecular weight is 649 g/mol. The van der Waals surface area contributed by atoms with Gasteiger partial charge < -0.3 is 30.2 Å². The molecule has 0 spiro atoms. The molecule has 0 amide bonds. The van der Waals surface area contributed by atoms with Crippen molar-refractivity contribution in [3.63, 3.8) is 0 Å². The summed E-state index contributed by atoms with van der Waals surface area (Å²) in [5.41, 5.74) is 13.2. The van der Waals surface area contributed by atoms with Gasteiger partial charge in [0.05, 0.1) is 29.7 Å². The van der Waals surface area contributed by atoms with Gasteiger partial charge in [0.2, 0.25) is 0 Å². The molecule has 1 aliphatic rings. The average Bonchev–Trinajstić information content (AvgIpc) is 3.18. The number of rotatable bonds is 8. The normalized spacial score (nSPS) is 16.2. The molecule has 1 aliphatic heterocycles. The molecule has 2 aromatic carbocycles. The number of ether oxygens (including phenoxy) is 2. The summed E-state index contributed by atoms with van der Waals surface area (Å²) in [4.78, 5) is 27.2. The lowest BCUT2D eigenvalue weighted by Gasteiger charge is -2.32. The smallest absolute Gasteiger partial charge is 0.495 e. The molecule has 2 aromatic heterocycles. The summed E-state index contributed by atoms with van der Waals surface area (Å²) >= 11 is 3.43. The van der Waals surface area contributed by atoms with E-state index in [9.17, 15) is 9.59 Å². The number of nitrogen functional groups attached to an aromatic ring is 2. The van der Waals surface area contributed by atoms with Gasteiger partial charge >= 0.3 is 7.12 Å². The first-order valence-electron chi connectivity index (χ1n) is 13.7. The van der Waals surface area contributed by atoms with Gasteiger partial charge in [-0.3, -0.25) is 18.7 Å². The Morgan fingerprint density at radius 1 is 0.814 bits per heavy atom. The number of halogens is 1. The molecule has 12 heteroatoms. The van der Waals surface area contributed by atoms with E-state index >= 15 is 0 Å². The van der Waals surface area contributed by atoms with Gasteiger partial charge in [-0.2, -0.15) is 0 Å². The van der Waals surface area contributed by atoms with Gasteiger partial charge in [0, 0.05) is 29.0 Å². The highest BCUT2D eigenvalue weighted by Gasteiger charge is 2.51. The topological polar surface area (TPSA) is 133 Å². The minimum atomic E-state index is -0.847. The largest absolute Gasteiger partial charge is 0.495 e. The molecule has 3 heterocycles. The van der Waals surface area contributed by atoms with E-state index in [1.165, 1.54) is 28.4 Å². The minimum Gasteiger partial charge on any atom is -0.495 e. The van der Waals surface area contributed by atoms with E-state index in [-0.39, 0.29) is 17.7 Å². The van der Waals surface area contributed by atoms with Crippen molar-refractivity contribution in [2.24, 2.45) is 0 Å². The van der Waals surface area contributed by atoms with Crippen LogP contribution < -0.4 is 37.5 Å². The van der Waals surface area contributed by atoms with E-state index in [4.69, 9.17) is 30.2 Å². The summed E-state index contributed by atoms with van der Waals surface area (Å²) in [6, 6.07) is 17.0. The van der Waals surface area contributed by atoms with Crippen LogP contribution in [0.4, 0.5) is 11.4 Å². The van der Waals surface area contributed by atoms with E-state index in [0.717, 1.165) is 10.0 Å². The molecule has 1 fully saturated rings. The molecular weight excluding hydrogens is 615 g/mol. The number of pyridine rings is 2. The number of hydrogen-bond acceptors (Lipinski definition) is 8. The van der Waals surface area contributed by atoms with Crippen molar-refractivity contribution in [2.45, 2.75) is 45.1 Å². The summed E-state index contributed by atoms with van der Waals surface area (Å²) < 4.78 is 27.4. The fraction of sp³-hybridized carbons (Fsp3) is 0.290. The summed E-state index contributed by atoms with van der Waals surface area (Å²) in [5, 5.41) is 0. The molecule has 4 N–H and O–H groups in total. The molecule has 4 aromatic rings. The number of hydrogen-bond donors (Lipinski definition) is 2. The van der Waals surface area contributed by atoms with Gasteiger partial charge in [0.25, 0.3) is 11.1 Å². The first-order chi connectivity index (χ1) is 20.3. The van der Waals surface area contributed by atoms with E-state index in [1.807, 2.05) is 33.8 Å². The molecule has 1 unspecified atom stereocenters. The van der Waals surface area contributed by atoms with Crippen molar-refractivity contribution in [3.8, 4) is 22.6 Å². The van der Waals surface area contributed by atoms with Gasteiger partial charge in [0.15, 0.2) is 0 Å². The van der Waals surface area contributed by atoms with Crippen molar-refractivity contribution >= 4 is 39.9 Å². The molecule has 1 atom stereocenters. The molecule has 224 valence electrons. The Balaban J connectivity index is 1.53. The quantitative estimate of drug-likeness (QED) is 0.216. The van der Waals surface area contributed by atoms with Gasteiger partial charge in [-0.15, -0.1) is 0 Å². The third-order valence-electron chi connectivity index (χ3n) is 8.02. The Hall–Kier alpha value is -4.00. The second-order valence-corrected chi connectivity index (χ2v) is 12.3. The Morgan fingerprint density at radius 3 is 2.02 bits per heavy atom. The Morgan fingerprint density at radius 2 is 1.40 bits per heavy atom. The lowest BCUT2D eigenvalue weighted by atomic mass is 9.80. The number of nitrogens with zero attached hydrogens (tertiary/aromatic N) is 2. The second kappa shape index (κ2) is 11.6. The van der Waals surface area contributed by atoms with Crippen molar-refractivity contribution < 1.29 is 18.8 Å². The summed E-state index contributed by atoms with van der Waals surface area (Å²) in [5.74, 6) is 0.924. The Labute approximate surface area is 258 Å². The van der Waals surface area contributed by atoms with Crippen LogP contribution in [0.15, 0.2) is 87.1 Å². The maximum atomic E-state index is 13.6. The number of nitrogens with two attached hydrogens (primary N) is 2. The van der Waals surface area contributed by atoms with Crippen LogP contribution in [0.1, 0.15) is 33.9 Å². The maximum absolute atomic E-state index is 13.6. The third-order valence-corrected chi connectivity index (χ3v) is 8.51. The van der Waals surface area contributed by atoms with Crippen LogP contribution >= 0.6 is 15.9 Å². The summed E-state index contributed by atoms with van der Waals surface area (Å²) in [6.07, 6.45) is 2.40. The van der Waals surface area contributed by atoms with E-state index < -0.39 is 24.5 Å². The highest BCUT2D eigenvalue weighted by atomic mass is 79.9. The van der Waals surface area contributed by atoms with Crippen LogP contribution in [-0.2, 0) is 9.31 Å². The fourth-order valence-electron chi connectivity index (χ4n) is 4.78. The summed E-state index contributed by atoms with van der Waals surface area (Å²) in [7, 11) is 0.827. The zero-order valence-electron chi connectivity index (χ0n) is 24.7. The van der Waals surface area contributed by atoms with E-state index in [0.29, 0.717) is 33.9 Å². The van der Waals surface area contributed by atoms with E-state index in [1.54, 1.807) is 54.9 Å². The minimum absolute atomic E-state index is 0.0641. The van der Waals surface area contributed by atoms with Gasteiger partial charge in [0.1, 0.15) is 24.3 Å². The third kappa shape index (κ3) is 6.08. The number of aromatic nitrogens is 2. The van der Waals surface area contributed by atoms with Crippen LogP contribution in [0.3, 0.4) is 0 Å². The number of anilines is 2. The highest BCUT2D eigenvalue weighted by molar-refractivity contribution is 9.10. The molecule has 0 radical (unpaired) electrons. The lowest BCUT2D eigenvalue weighted by Crippen LogP contribution is -2.42. The fourth-order valence-corrected chi connectivity index (χ4v) is 5.12. The predicted octanol–water partition coefficient (Wildman–Crippen LogP) is 4.04. The standard InChI is InChI=1S/C31H34BBrN4O6/c1-30(2)31(3,4)43-32(42-30)21-11-13-37(29(39)16-21)27(18-41-26-17-22(33)7-9-24(26)35)36-12-10-20(15-28(36)38)19-6-8-23(34)25(14-19)40-5/h6-17,27H,18,34-35H2,1-5H3. The molecular formula is C31H34BBrN4O6. The molecule has 5 rings (SSSR count). The van der Waals surface area contributed by atoms with Gasteiger partial charge in [-0.05, 0) is 86.7 Å². The van der Waals surface area contributed by atoms with Crippen molar-refractivity contribution in [1.29, 1.82) is 0 Å². The van der Waals surface area contributed by atoms with Crippen LogP contribution in [-0.4, -0.2) is 41.2 Å². The summed E-state index contributed by atoms with van der Waals surface area (Å²) in [6.45, 7) is 7.74. The van der Waals surface area contributed by atoms with E-state index in [2.05, 4.69) is 15.9 Å². The van der Waals surface area contributed by atoms with Crippen molar-refractivity contribution in [1.82, 2.24) is 9.13 Å². The first-order valence-corrected chi connectivity index (χ1v) is 14.5. The van der Waals surface area contributed by atoms with Crippen LogP contribution in [0.2, 0.25) is 0 Å². The number of benzene rings is 2. The molecule has 0 aliphatic carbocycles. The maximum Gasteiger partial charge on any atom is 0.495 e. The first kappa shape index (κ1) is 30.5. The van der Waals surface area contributed by atoms with Gasteiger partial charge in [-0.1, -0.05) is 22.0 Å². The van der Waals surface area contributed by atoms with Crippen LogP contribution in [0.25, 0.3) is 11.1 Å². The molecule has 1 saturated heterocycles. The van der Waals surface area contributed by atoms with Crippen molar-refractivity contribution in [3.05, 3.63) is 98.2 Å². The SMILES string of the molecule is COc1cc(-c2ccn(C(COc3cc(Br)ccc3N)n3ccc(B4OC(C)(C)C(C)(C)O4)cc3=O)c(=O)c2)ccc1N. The predicted molar refractivity (Wildman–Crippen MR) is 172 cm³/mol. The Kier molecular flexibility index (Phi) is 8.21.